The predicted molar refractivity (Wildman–Crippen MR) is 133 cm³/mol. The fourth-order valence-electron chi connectivity index (χ4n) is 4.18. The minimum atomic E-state index is -0.0861. The first-order chi connectivity index (χ1) is 15.5. The molecular weight excluding hydrogens is 438 g/mol. The number of thiophene rings is 1. The van der Waals surface area contributed by atoms with Crippen molar-refractivity contribution < 1.29 is 4.79 Å². The molecule has 162 valence electrons. The summed E-state index contributed by atoms with van der Waals surface area (Å²) in [5.41, 5.74) is 5.76. The van der Waals surface area contributed by atoms with Crippen molar-refractivity contribution >= 4 is 44.9 Å². The second kappa shape index (κ2) is 8.56. The summed E-state index contributed by atoms with van der Waals surface area (Å²) in [6.07, 6.45) is 1.95. The third-order valence-electron chi connectivity index (χ3n) is 6.00. The van der Waals surface area contributed by atoms with Gasteiger partial charge in [-0.15, -0.1) is 11.3 Å². The van der Waals surface area contributed by atoms with Gasteiger partial charge in [0.1, 0.15) is 4.70 Å². The van der Waals surface area contributed by atoms with E-state index in [1.54, 1.807) is 4.57 Å². The van der Waals surface area contributed by atoms with Crippen LogP contribution >= 0.6 is 23.1 Å². The first kappa shape index (κ1) is 21.0. The molecule has 0 saturated carbocycles. The second-order valence-corrected chi connectivity index (χ2v) is 9.81. The molecule has 0 saturated heterocycles. The molecule has 7 heteroatoms. The van der Waals surface area contributed by atoms with Gasteiger partial charge >= 0.3 is 0 Å². The van der Waals surface area contributed by atoms with Crippen LogP contribution in [0.5, 0.6) is 0 Å². The van der Waals surface area contributed by atoms with Crippen molar-refractivity contribution in [1.82, 2.24) is 9.55 Å². The van der Waals surface area contributed by atoms with Crippen LogP contribution in [0, 0.1) is 13.8 Å². The van der Waals surface area contributed by atoms with Crippen LogP contribution in [0.15, 0.2) is 63.9 Å². The van der Waals surface area contributed by atoms with E-state index in [2.05, 4.69) is 6.07 Å². The zero-order valence-electron chi connectivity index (χ0n) is 18.0. The Balaban J connectivity index is 1.52. The SMILES string of the molecule is Cc1cccc(-n2c(SCC(=O)N3CCCc4ccccc43)nc3ccsc3c2=O)c1C. The molecule has 2 aromatic heterocycles. The summed E-state index contributed by atoms with van der Waals surface area (Å²) in [6.45, 7) is 4.77. The number of para-hydroxylation sites is 1. The zero-order valence-corrected chi connectivity index (χ0v) is 19.6. The molecule has 5 rings (SSSR count). The Bertz CT molecular complexity index is 1390. The van der Waals surface area contributed by atoms with Crippen LogP contribution in [0.25, 0.3) is 15.9 Å². The lowest BCUT2D eigenvalue weighted by Crippen LogP contribution is -2.36. The molecule has 0 spiro atoms. The monoisotopic (exact) mass is 461 g/mol. The number of aromatic nitrogens is 2. The smallest absolute Gasteiger partial charge is 0.276 e. The van der Waals surface area contributed by atoms with Gasteiger partial charge in [0.15, 0.2) is 5.16 Å². The zero-order chi connectivity index (χ0) is 22.2. The van der Waals surface area contributed by atoms with Gasteiger partial charge in [-0.2, -0.15) is 0 Å². The van der Waals surface area contributed by atoms with Gasteiger partial charge < -0.3 is 4.90 Å². The maximum Gasteiger partial charge on any atom is 0.276 e. The minimum Gasteiger partial charge on any atom is -0.311 e. The molecule has 0 fully saturated rings. The number of carbonyl (C=O) groups excluding carboxylic acids is 1. The number of fused-ring (bicyclic) bond motifs is 2. The molecule has 0 unspecified atom stereocenters. The van der Waals surface area contributed by atoms with Gasteiger partial charge in [-0.05, 0) is 67.0 Å². The third-order valence-corrected chi connectivity index (χ3v) is 7.82. The fraction of sp³-hybridized carbons (Fsp3) is 0.240. The van der Waals surface area contributed by atoms with Gasteiger partial charge in [-0.25, -0.2) is 4.98 Å². The number of benzene rings is 2. The van der Waals surface area contributed by atoms with Crippen molar-refractivity contribution in [3.63, 3.8) is 0 Å². The van der Waals surface area contributed by atoms with Crippen molar-refractivity contribution in [2.24, 2.45) is 0 Å². The van der Waals surface area contributed by atoms with E-state index in [1.165, 1.54) is 28.7 Å². The molecule has 2 aromatic carbocycles. The van der Waals surface area contributed by atoms with Gasteiger partial charge in [0.25, 0.3) is 5.56 Å². The van der Waals surface area contributed by atoms with E-state index in [-0.39, 0.29) is 17.2 Å². The largest absolute Gasteiger partial charge is 0.311 e. The van der Waals surface area contributed by atoms with Crippen molar-refractivity contribution in [1.29, 1.82) is 0 Å². The van der Waals surface area contributed by atoms with E-state index in [1.807, 2.05) is 66.6 Å². The van der Waals surface area contributed by atoms with E-state index in [0.29, 0.717) is 15.4 Å². The number of hydrogen-bond acceptors (Lipinski definition) is 5. The Hall–Kier alpha value is -2.90. The van der Waals surface area contributed by atoms with Crippen LogP contribution in [-0.2, 0) is 11.2 Å². The van der Waals surface area contributed by atoms with Gasteiger partial charge in [0.2, 0.25) is 5.91 Å². The Kier molecular flexibility index (Phi) is 5.61. The highest BCUT2D eigenvalue weighted by atomic mass is 32.2. The minimum absolute atomic E-state index is 0.0364. The van der Waals surface area contributed by atoms with Crippen molar-refractivity contribution in [3.8, 4) is 5.69 Å². The number of nitrogens with zero attached hydrogens (tertiary/aromatic N) is 3. The summed E-state index contributed by atoms with van der Waals surface area (Å²) in [5.74, 6) is 0.260. The van der Waals surface area contributed by atoms with Crippen molar-refractivity contribution in [3.05, 3.63) is 81.0 Å². The topological polar surface area (TPSA) is 55.2 Å². The molecule has 0 bridgehead atoms. The van der Waals surface area contributed by atoms with E-state index < -0.39 is 0 Å². The lowest BCUT2D eigenvalue weighted by molar-refractivity contribution is -0.116. The van der Waals surface area contributed by atoms with E-state index in [9.17, 15) is 9.59 Å². The van der Waals surface area contributed by atoms with E-state index in [4.69, 9.17) is 4.98 Å². The molecule has 4 aromatic rings. The molecular formula is C25H23N3O2S2. The van der Waals surface area contributed by atoms with Gasteiger partial charge in [0.05, 0.1) is 17.0 Å². The lowest BCUT2D eigenvalue weighted by Gasteiger charge is -2.29. The molecule has 1 aliphatic heterocycles. The summed E-state index contributed by atoms with van der Waals surface area (Å²) in [4.78, 5) is 33.2. The van der Waals surface area contributed by atoms with Crippen LogP contribution in [0.1, 0.15) is 23.1 Å². The number of anilines is 1. The predicted octanol–water partition coefficient (Wildman–Crippen LogP) is 5.14. The summed E-state index contributed by atoms with van der Waals surface area (Å²) in [6, 6.07) is 15.9. The van der Waals surface area contributed by atoms with Gasteiger partial charge in [0, 0.05) is 12.2 Å². The van der Waals surface area contributed by atoms with Crippen LogP contribution in [0.2, 0.25) is 0 Å². The first-order valence-corrected chi connectivity index (χ1v) is 12.5. The summed E-state index contributed by atoms with van der Waals surface area (Å²) in [7, 11) is 0. The highest BCUT2D eigenvalue weighted by Crippen LogP contribution is 2.29. The summed E-state index contributed by atoms with van der Waals surface area (Å²) >= 11 is 2.73. The Labute approximate surface area is 194 Å². The van der Waals surface area contributed by atoms with Crippen LogP contribution in [0.3, 0.4) is 0 Å². The number of rotatable bonds is 4. The number of thioether (sulfide) groups is 1. The lowest BCUT2D eigenvalue weighted by atomic mass is 10.0. The third kappa shape index (κ3) is 3.65. The number of amides is 1. The molecule has 0 radical (unpaired) electrons. The first-order valence-electron chi connectivity index (χ1n) is 10.6. The molecule has 0 atom stereocenters. The number of carbonyl (C=O) groups is 1. The molecule has 1 aliphatic rings. The highest BCUT2D eigenvalue weighted by Gasteiger charge is 2.23. The molecule has 32 heavy (non-hydrogen) atoms. The van der Waals surface area contributed by atoms with E-state index >= 15 is 0 Å². The molecule has 0 aliphatic carbocycles. The van der Waals surface area contributed by atoms with Gasteiger partial charge in [-0.3, -0.25) is 14.2 Å². The molecule has 0 N–H and O–H groups in total. The highest BCUT2D eigenvalue weighted by molar-refractivity contribution is 7.99. The van der Waals surface area contributed by atoms with Gasteiger partial charge in [-0.1, -0.05) is 42.1 Å². The van der Waals surface area contributed by atoms with Crippen molar-refractivity contribution in [2.45, 2.75) is 31.8 Å². The molecule has 1 amide bonds. The van der Waals surface area contributed by atoms with E-state index in [0.717, 1.165) is 41.9 Å². The molecule has 3 heterocycles. The summed E-state index contributed by atoms with van der Waals surface area (Å²) < 4.78 is 2.30. The number of hydrogen-bond donors (Lipinski definition) is 0. The number of aryl methyl sites for hydroxylation is 2. The molecule has 5 nitrogen and oxygen atoms in total. The Morgan fingerprint density at radius 2 is 1.91 bits per heavy atom. The normalized spacial score (nSPS) is 13.4. The Morgan fingerprint density at radius 3 is 2.78 bits per heavy atom. The second-order valence-electron chi connectivity index (χ2n) is 7.96. The summed E-state index contributed by atoms with van der Waals surface area (Å²) in [5, 5.41) is 2.43. The van der Waals surface area contributed by atoms with Crippen LogP contribution in [-0.4, -0.2) is 27.8 Å². The fourth-order valence-corrected chi connectivity index (χ4v) is 5.82. The average molecular weight is 462 g/mol. The van der Waals surface area contributed by atoms with Crippen LogP contribution in [0.4, 0.5) is 5.69 Å². The maximum atomic E-state index is 13.4. The Morgan fingerprint density at radius 1 is 1.09 bits per heavy atom. The van der Waals surface area contributed by atoms with Crippen LogP contribution < -0.4 is 10.5 Å². The average Bonchev–Trinajstić information content (AvgIpc) is 3.28. The van der Waals surface area contributed by atoms with Crippen molar-refractivity contribution in [2.75, 3.05) is 17.2 Å². The quantitative estimate of drug-likeness (QED) is 0.312. The standard InChI is InChI=1S/C25H23N3O2S2/c1-16-7-5-11-20(17(16)2)28-24(30)23-19(12-14-31-23)26-25(28)32-15-22(29)27-13-6-9-18-8-3-4-10-21(18)27/h3-5,7-8,10-12,14H,6,9,13,15H2,1-2H3. The maximum absolute atomic E-state index is 13.4.